The SMILES string of the molecule is CNCc1cccc(Br)c1OCc1ccc(C)cc1. The van der Waals surface area contributed by atoms with Gasteiger partial charge in [0.2, 0.25) is 0 Å². The molecule has 0 bridgehead atoms. The van der Waals surface area contributed by atoms with Gasteiger partial charge in [-0.3, -0.25) is 0 Å². The number of halogens is 1. The number of rotatable bonds is 5. The molecule has 0 spiro atoms. The van der Waals surface area contributed by atoms with E-state index in [9.17, 15) is 0 Å². The first kappa shape index (κ1) is 14.1. The number of benzene rings is 2. The fourth-order valence-corrected chi connectivity index (χ4v) is 2.41. The van der Waals surface area contributed by atoms with Crippen LogP contribution in [0.3, 0.4) is 0 Å². The van der Waals surface area contributed by atoms with E-state index in [1.54, 1.807) is 0 Å². The Hall–Kier alpha value is -1.32. The smallest absolute Gasteiger partial charge is 0.138 e. The van der Waals surface area contributed by atoms with Gasteiger partial charge in [0.25, 0.3) is 0 Å². The predicted molar refractivity (Wildman–Crippen MR) is 82.4 cm³/mol. The Morgan fingerprint density at radius 2 is 1.84 bits per heavy atom. The van der Waals surface area contributed by atoms with Crippen LogP contribution in [0.25, 0.3) is 0 Å². The summed E-state index contributed by atoms with van der Waals surface area (Å²) in [5.74, 6) is 0.914. The maximum absolute atomic E-state index is 5.96. The minimum Gasteiger partial charge on any atom is -0.487 e. The van der Waals surface area contributed by atoms with Gasteiger partial charge < -0.3 is 10.1 Å². The molecular formula is C16H18BrNO. The van der Waals surface area contributed by atoms with Crippen LogP contribution in [0.15, 0.2) is 46.9 Å². The first-order valence-corrected chi connectivity index (χ1v) is 7.10. The second-order valence-corrected chi connectivity index (χ2v) is 5.39. The lowest BCUT2D eigenvalue weighted by Gasteiger charge is -2.13. The molecule has 2 rings (SSSR count). The molecule has 100 valence electrons. The standard InChI is InChI=1S/C16H18BrNO/c1-12-6-8-13(9-7-12)11-19-16-14(10-18-2)4-3-5-15(16)17/h3-9,18H,10-11H2,1-2H3. The Morgan fingerprint density at radius 3 is 2.53 bits per heavy atom. The Bertz CT molecular complexity index is 537. The van der Waals surface area contributed by atoms with Crippen LogP contribution in [-0.4, -0.2) is 7.05 Å². The van der Waals surface area contributed by atoms with Gasteiger partial charge in [0.1, 0.15) is 12.4 Å². The summed E-state index contributed by atoms with van der Waals surface area (Å²) in [5.41, 5.74) is 3.60. The average Bonchev–Trinajstić information content (AvgIpc) is 2.40. The maximum atomic E-state index is 5.96. The summed E-state index contributed by atoms with van der Waals surface area (Å²) in [7, 11) is 1.94. The third-order valence-corrected chi connectivity index (χ3v) is 3.54. The molecule has 0 unspecified atom stereocenters. The van der Waals surface area contributed by atoms with Crippen molar-refractivity contribution in [3.05, 3.63) is 63.6 Å². The largest absolute Gasteiger partial charge is 0.487 e. The third kappa shape index (κ3) is 3.82. The summed E-state index contributed by atoms with van der Waals surface area (Å²) >= 11 is 3.55. The molecule has 19 heavy (non-hydrogen) atoms. The minimum absolute atomic E-state index is 0.583. The van der Waals surface area contributed by atoms with Gasteiger partial charge in [0.15, 0.2) is 0 Å². The fourth-order valence-electron chi connectivity index (χ4n) is 1.88. The second kappa shape index (κ2) is 6.73. The zero-order valence-corrected chi connectivity index (χ0v) is 12.8. The van der Waals surface area contributed by atoms with Crippen molar-refractivity contribution in [2.75, 3.05) is 7.05 Å². The molecule has 0 heterocycles. The van der Waals surface area contributed by atoms with E-state index in [1.807, 2.05) is 19.2 Å². The van der Waals surface area contributed by atoms with Crippen molar-refractivity contribution < 1.29 is 4.74 Å². The molecular weight excluding hydrogens is 302 g/mol. The van der Waals surface area contributed by atoms with Gasteiger partial charge in [0, 0.05) is 12.1 Å². The van der Waals surface area contributed by atoms with E-state index < -0.39 is 0 Å². The highest BCUT2D eigenvalue weighted by Gasteiger charge is 2.07. The van der Waals surface area contributed by atoms with Crippen LogP contribution in [0.2, 0.25) is 0 Å². The molecule has 0 aromatic heterocycles. The van der Waals surface area contributed by atoms with Crippen molar-refractivity contribution in [2.24, 2.45) is 0 Å². The van der Waals surface area contributed by atoms with Crippen LogP contribution in [0, 0.1) is 6.92 Å². The molecule has 2 nitrogen and oxygen atoms in total. The van der Waals surface area contributed by atoms with Crippen molar-refractivity contribution in [1.82, 2.24) is 5.32 Å². The second-order valence-electron chi connectivity index (χ2n) is 4.53. The number of hydrogen-bond acceptors (Lipinski definition) is 2. The lowest BCUT2D eigenvalue weighted by molar-refractivity contribution is 0.300. The zero-order chi connectivity index (χ0) is 13.7. The molecule has 0 radical (unpaired) electrons. The lowest BCUT2D eigenvalue weighted by atomic mass is 10.1. The fraction of sp³-hybridized carbons (Fsp3) is 0.250. The molecule has 0 saturated heterocycles. The summed E-state index contributed by atoms with van der Waals surface area (Å²) in [6.07, 6.45) is 0. The van der Waals surface area contributed by atoms with Gasteiger partial charge >= 0.3 is 0 Å². The zero-order valence-electron chi connectivity index (χ0n) is 11.2. The molecule has 1 N–H and O–H groups in total. The summed E-state index contributed by atoms with van der Waals surface area (Å²) in [6, 6.07) is 14.5. The summed E-state index contributed by atoms with van der Waals surface area (Å²) < 4.78 is 6.95. The molecule has 2 aromatic carbocycles. The van der Waals surface area contributed by atoms with Gasteiger partial charge in [-0.05, 0) is 41.5 Å². The predicted octanol–water partition coefficient (Wildman–Crippen LogP) is 4.06. The Morgan fingerprint density at radius 1 is 1.11 bits per heavy atom. The molecule has 0 aliphatic carbocycles. The number of nitrogens with one attached hydrogen (secondary N) is 1. The van der Waals surface area contributed by atoms with Crippen molar-refractivity contribution in [2.45, 2.75) is 20.1 Å². The van der Waals surface area contributed by atoms with Crippen LogP contribution in [0.5, 0.6) is 5.75 Å². The number of hydrogen-bond donors (Lipinski definition) is 1. The van der Waals surface area contributed by atoms with Gasteiger partial charge in [-0.25, -0.2) is 0 Å². The molecule has 0 atom stereocenters. The highest BCUT2D eigenvalue weighted by molar-refractivity contribution is 9.10. The molecule has 0 amide bonds. The third-order valence-electron chi connectivity index (χ3n) is 2.92. The van der Waals surface area contributed by atoms with Crippen LogP contribution >= 0.6 is 15.9 Å². The van der Waals surface area contributed by atoms with E-state index in [1.165, 1.54) is 11.1 Å². The van der Waals surface area contributed by atoms with Crippen LogP contribution in [-0.2, 0) is 13.2 Å². The van der Waals surface area contributed by atoms with Crippen molar-refractivity contribution >= 4 is 15.9 Å². The van der Waals surface area contributed by atoms with Gasteiger partial charge in [-0.2, -0.15) is 0 Å². The normalized spacial score (nSPS) is 10.5. The maximum Gasteiger partial charge on any atom is 0.138 e. The Balaban J connectivity index is 2.12. The number of ether oxygens (including phenoxy) is 1. The monoisotopic (exact) mass is 319 g/mol. The van der Waals surface area contributed by atoms with E-state index in [-0.39, 0.29) is 0 Å². The quantitative estimate of drug-likeness (QED) is 0.897. The van der Waals surface area contributed by atoms with E-state index in [0.29, 0.717) is 6.61 Å². The number of para-hydroxylation sites is 1. The van der Waals surface area contributed by atoms with Gasteiger partial charge in [-0.15, -0.1) is 0 Å². The van der Waals surface area contributed by atoms with Gasteiger partial charge in [-0.1, -0.05) is 42.0 Å². The van der Waals surface area contributed by atoms with Crippen molar-refractivity contribution in [3.63, 3.8) is 0 Å². The topological polar surface area (TPSA) is 21.3 Å². The molecule has 0 saturated carbocycles. The van der Waals surface area contributed by atoms with Crippen LogP contribution in [0.1, 0.15) is 16.7 Å². The van der Waals surface area contributed by atoms with E-state index in [4.69, 9.17) is 4.74 Å². The van der Waals surface area contributed by atoms with Gasteiger partial charge in [0.05, 0.1) is 4.47 Å². The number of aryl methyl sites for hydroxylation is 1. The molecule has 0 aliphatic heterocycles. The van der Waals surface area contributed by atoms with Crippen molar-refractivity contribution in [1.29, 1.82) is 0 Å². The summed E-state index contributed by atoms with van der Waals surface area (Å²) in [6.45, 7) is 3.46. The molecule has 2 aromatic rings. The summed E-state index contributed by atoms with van der Waals surface area (Å²) in [5, 5.41) is 3.16. The van der Waals surface area contributed by atoms with E-state index in [0.717, 1.165) is 22.3 Å². The first-order chi connectivity index (χ1) is 9.20. The Kier molecular flexibility index (Phi) is 5.00. The molecule has 0 fully saturated rings. The average molecular weight is 320 g/mol. The minimum atomic E-state index is 0.583. The highest BCUT2D eigenvalue weighted by atomic mass is 79.9. The van der Waals surface area contributed by atoms with Crippen LogP contribution < -0.4 is 10.1 Å². The lowest BCUT2D eigenvalue weighted by Crippen LogP contribution is -2.08. The highest BCUT2D eigenvalue weighted by Crippen LogP contribution is 2.29. The van der Waals surface area contributed by atoms with Crippen molar-refractivity contribution in [3.8, 4) is 5.75 Å². The van der Waals surface area contributed by atoms with E-state index >= 15 is 0 Å². The molecule has 0 aliphatic rings. The Labute approximate surface area is 122 Å². The summed E-state index contributed by atoms with van der Waals surface area (Å²) in [4.78, 5) is 0. The van der Waals surface area contributed by atoms with E-state index in [2.05, 4.69) is 58.5 Å². The van der Waals surface area contributed by atoms with Crippen LogP contribution in [0.4, 0.5) is 0 Å². The molecule has 3 heteroatoms. The first-order valence-electron chi connectivity index (χ1n) is 6.31.